The number of cyclic esters (lactones) is 1. The summed E-state index contributed by atoms with van der Waals surface area (Å²) in [7, 11) is -3.40. The third-order valence-electron chi connectivity index (χ3n) is 5.00. The van der Waals surface area contributed by atoms with Gasteiger partial charge in [0, 0.05) is 25.4 Å². The second-order valence-corrected chi connectivity index (χ2v) is 9.42. The van der Waals surface area contributed by atoms with Crippen LogP contribution in [-0.2, 0) is 35.5 Å². The molecule has 0 aliphatic carbocycles. The SMILES string of the molecule is CS(=O)(=O)CC(=O)N1CCC(N2C(=O)OC[C@H]2C(=O)OCc2ccccc2)CC1. The summed E-state index contributed by atoms with van der Waals surface area (Å²) >= 11 is 0. The molecular weight excluding hydrogens is 400 g/mol. The first-order chi connectivity index (χ1) is 13.7. The van der Waals surface area contributed by atoms with Gasteiger partial charge >= 0.3 is 12.1 Å². The first kappa shape index (κ1) is 21.1. The summed E-state index contributed by atoms with van der Waals surface area (Å²) in [5, 5.41) is 0. The Bertz CT molecular complexity index is 864. The summed E-state index contributed by atoms with van der Waals surface area (Å²) < 4.78 is 33.1. The van der Waals surface area contributed by atoms with Gasteiger partial charge in [-0.2, -0.15) is 0 Å². The normalized spacial score (nSPS) is 20.4. The van der Waals surface area contributed by atoms with Crippen molar-refractivity contribution >= 4 is 27.8 Å². The van der Waals surface area contributed by atoms with Crippen LogP contribution in [0, 0.1) is 0 Å². The molecule has 0 spiro atoms. The van der Waals surface area contributed by atoms with Gasteiger partial charge in [-0.1, -0.05) is 30.3 Å². The van der Waals surface area contributed by atoms with E-state index in [1.807, 2.05) is 30.3 Å². The van der Waals surface area contributed by atoms with Gasteiger partial charge in [0.2, 0.25) is 5.91 Å². The van der Waals surface area contributed by atoms with Crippen LogP contribution in [0.25, 0.3) is 0 Å². The number of carbonyl (C=O) groups excluding carboxylic acids is 3. The van der Waals surface area contributed by atoms with E-state index in [9.17, 15) is 22.8 Å². The highest BCUT2D eigenvalue weighted by Crippen LogP contribution is 2.25. The number of ether oxygens (including phenoxy) is 2. The first-order valence-electron chi connectivity index (χ1n) is 9.36. The number of piperidine rings is 1. The Hall–Kier alpha value is -2.62. The van der Waals surface area contributed by atoms with Crippen LogP contribution >= 0.6 is 0 Å². The largest absolute Gasteiger partial charge is 0.459 e. The van der Waals surface area contributed by atoms with Gasteiger partial charge in [0.25, 0.3) is 0 Å². The zero-order chi connectivity index (χ0) is 21.0. The maximum Gasteiger partial charge on any atom is 0.410 e. The molecular formula is C19H24N2O7S. The van der Waals surface area contributed by atoms with E-state index in [-0.39, 0.29) is 19.3 Å². The Morgan fingerprint density at radius 3 is 2.45 bits per heavy atom. The fourth-order valence-corrected chi connectivity index (χ4v) is 4.18. The van der Waals surface area contributed by atoms with E-state index in [1.165, 1.54) is 9.80 Å². The van der Waals surface area contributed by atoms with E-state index in [0.717, 1.165) is 11.8 Å². The number of nitrogens with zero attached hydrogens (tertiary/aromatic N) is 2. The fourth-order valence-electron chi connectivity index (χ4n) is 3.55. The van der Waals surface area contributed by atoms with Crippen molar-refractivity contribution in [2.75, 3.05) is 31.7 Å². The molecule has 1 aromatic carbocycles. The number of hydrogen-bond acceptors (Lipinski definition) is 7. The highest BCUT2D eigenvalue weighted by molar-refractivity contribution is 7.91. The van der Waals surface area contributed by atoms with Crippen molar-refractivity contribution in [3.8, 4) is 0 Å². The number of carbonyl (C=O) groups is 3. The van der Waals surface area contributed by atoms with Crippen LogP contribution in [0.15, 0.2) is 30.3 Å². The Balaban J connectivity index is 1.57. The second-order valence-electron chi connectivity index (χ2n) is 7.28. The predicted molar refractivity (Wildman–Crippen MR) is 103 cm³/mol. The average molecular weight is 424 g/mol. The van der Waals surface area contributed by atoms with Crippen LogP contribution in [0.5, 0.6) is 0 Å². The van der Waals surface area contributed by atoms with Crippen molar-refractivity contribution in [2.45, 2.75) is 31.5 Å². The number of esters is 1. The summed E-state index contributed by atoms with van der Waals surface area (Å²) in [4.78, 5) is 39.7. The molecule has 29 heavy (non-hydrogen) atoms. The molecule has 2 heterocycles. The maximum atomic E-state index is 12.5. The van der Waals surface area contributed by atoms with Crippen molar-refractivity contribution in [2.24, 2.45) is 0 Å². The molecule has 158 valence electrons. The van der Waals surface area contributed by atoms with Crippen LogP contribution in [0.2, 0.25) is 0 Å². The van der Waals surface area contributed by atoms with E-state index >= 15 is 0 Å². The monoisotopic (exact) mass is 424 g/mol. The Morgan fingerprint density at radius 2 is 1.83 bits per heavy atom. The lowest BCUT2D eigenvalue weighted by atomic mass is 10.0. The molecule has 10 heteroatoms. The highest BCUT2D eigenvalue weighted by Gasteiger charge is 2.44. The van der Waals surface area contributed by atoms with Gasteiger partial charge in [-0.15, -0.1) is 0 Å². The van der Waals surface area contributed by atoms with Crippen molar-refractivity contribution < 1.29 is 32.3 Å². The fraction of sp³-hybridized carbons (Fsp3) is 0.526. The van der Waals surface area contributed by atoms with Gasteiger partial charge in [-0.3, -0.25) is 9.69 Å². The molecule has 0 saturated carbocycles. The van der Waals surface area contributed by atoms with Crippen LogP contribution in [0.1, 0.15) is 18.4 Å². The number of sulfone groups is 1. The molecule has 0 unspecified atom stereocenters. The van der Waals surface area contributed by atoms with E-state index in [0.29, 0.717) is 25.9 Å². The van der Waals surface area contributed by atoms with Crippen molar-refractivity contribution in [1.82, 2.24) is 9.80 Å². The van der Waals surface area contributed by atoms with E-state index in [1.54, 1.807) is 0 Å². The molecule has 2 aliphatic heterocycles. The Kier molecular flexibility index (Phi) is 6.41. The predicted octanol–water partition coefficient (Wildman–Crippen LogP) is 0.586. The summed E-state index contributed by atoms with van der Waals surface area (Å²) in [5.41, 5.74) is 0.843. The van der Waals surface area contributed by atoms with Gasteiger partial charge in [0.15, 0.2) is 15.9 Å². The van der Waals surface area contributed by atoms with E-state index in [2.05, 4.69) is 0 Å². The number of amides is 2. The van der Waals surface area contributed by atoms with Crippen molar-refractivity contribution in [3.63, 3.8) is 0 Å². The molecule has 0 bridgehead atoms. The number of rotatable bonds is 6. The molecule has 1 aromatic rings. The number of benzene rings is 1. The summed E-state index contributed by atoms with van der Waals surface area (Å²) in [6, 6.07) is 8.13. The molecule has 1 atom stereocenters. The molecule has 2 saturated heterocycles. The summed E-state index contributed by atoms with van der Waals surface area (Å²) in [6.07, 6.45) is 1.32. The maximum absolute atomic E-state index is 12.5. The lowest BCUT2D eigenvalue weighted by molar-refractivity contribution is -0.150. The second kappa shape index (κ2) is 8.81. The highest BCUT2D eigenvalue weighted by atomic mass is 32.2. The van der Waals surface area contributed by atoms with Crippen LogP contribution in [-0.4, -0.2) is 80.0 Å². The Labute approximate surface area is 169 Å². The molecule has 0 aromatic heterocycles. The average Bonchev–Trinajstić information content (AvgIpc) is 3.07. The topological polar surface area (TPSA) is 110 Å². The molecule has 2 aliphatic rings. The molecule has 3 rings (SSSR count). The van der Waals surface area contributed by atoms with E-state index < -0.39 is 39.6 Å². The molecule has 9 nitrogen and oxygen atoms in total. The van der Waals surface area contributed by atoms with Crippen molar-refractivity contribution in [3.05, 3.63) is 35.9 Å². The quantitative estimate of drug-likeness (QED) is 0.615. The number of likely N-dealkylation sites (tertiary alicyclic amines) is 1. The van der Waals surface area contributed by atoms with Crippen LogP contribution < -0.4 is 0 Å². The minimum atomic E-state index is -3.40. The minimum absolute atomic E-state index is 0.0698. The lowest BCUT2D eigenvalue weighted by Gasteiger charge is -2.37. The smallest absolute Gasteiger partial charge is 0.410 e. The third-order valence-corrected chi connectivity index (χ3v) is 5.77. The van der Waals surface area contributed by atoms with Crippen molar-refractivity contribution in [1.29, 1.82) is 0 Å². The van der Waals surface area contributed by atoms with Crippen LogP contribution in [0.4, 0.5) is 4.79 Å². The zero-order valence-corrected chi connectivity index (χ0v) is 17.0. The van der Waals surface area contributed by atoms with E-state index in [4.69, 9.17) is 9.47 Å². The first-order valence-corrected chi connectivity index (χ1v) is 11.4. The minimum Gasteiger partial charge on any atom is -0.459 e. The van der Waals surface area contributed by atoms with Gasteiger partial charge in [-0.25, -0.2) is 18.0 Å². The molecule has 0 N–H and O–H groups in total. The van der Waals surface area contributed by atoms with Gasteiger partial charge in [-0.05, 0) is 18.4 Å². The zero-order valence-electron chi connectivity index (χ0n) is 16.2. The summed E-state index contributed by atoms with van der Waals surface area (Å²) in [6.45, 7) is 0.666. The molecule has 2 fully saturated rings. The Morgan fingerprint density at radius 1 is 1.17 bits per heavy atom. The molecule has 2 amide bonds. The van der Waals surface area contributed by atoms with Gasteiger partial charge in [0.05, 0.1) is 0 Å². The standard InChI is InChI=1S/C19H24N2O7S/c1-29(25,26)13-17(22)20-9-7-15(8-10-20)21-16(12-28-19(21)24)18(23)27-11-14-5-3-2-4-6-14/h2-6,15-16H,7-13H2,1H3/t16-/m0/s1. The van der Waals surface area contributed by atoms with Gasteiger partial charge in [0.1, 0.15) is 19.0 Å². The lowest BCUT2D eigenvalue weighted by Crippen LogP contribution is -2.52. The summed E-state index contributed by atoms with van der Waals surface area (Å²) in [5.74, 6) is -1.51. The van der Waals surface area contributed by atoms with Gasteiger partial charge < -0.3 is 14.4 Å². The third kappa shape index (κ3) is 5.47. The molecule has 0 radical (unpaired) electrons. The number of hydrogen-bond donors (Lipinski definition) is 0. The van der Waals surface area contributed by atoms with Crippen LogP contribution in [0.3, 0.4) is 0 Å².